The first kappa shape index (κ1) is 21.4. The van der Waals surface area contributed by atoms with E-state index in [9.17, 15) is 8.42 Å². The highest BCUT2D eigenvalue weighted by molar-refractivity contribution is 7.89. The van der Waals surface area contributed by atoms with Crippen LogP contribution < -0.4 is 0 Å². The molecule has 3 aliphatic rings. The topological polar surface area (TPSA) is 62.7 Å². The summed E-state index contributed by atoms with van der Waals surface area (Å²) in [6.07, 6.45) is 2.10. The van der Waals surface area contributed by atoms with Gasteiger partial charge in [0.15, 0.2) is 0 Å². The predicted octanol–water partition coefficient (Wildman–Crippen LogP) is 3.66. The maximum Gasteiger partial charge on any atom is 0.243 e. The third-order valence-corrected chi connectivity index (χ3v) is 9.95. The van der Waals surface area contributed by atoms with Crippen LogP contribution >= 0.6 is 11.3 Å². The zero-order chi connectivity index (χ0) is 22.5. The number of benzene rings is 2. The van der Waals surface area contributed by atoms with Crippen molar-refractivity contribution in [2.45, 2.75) is 23.2 Å². The maximum atomic E-state index is 13.0. The van der Waals surface area contributed by atoms with E-state index in [1.165, 1.54) is 28.0 Å². The van der Waals surface area contributed by atoms with Crippen molar-refractivity contribution in [2.24, 2.45) is 0 Å². The predicted molar refractivity (Wildman–Crippen MR) is 130 cm³/mol. The summed E-state index contributed by atoms with van der Waals surface area (Å²) in [4.78, 5) is 7.11. The van der Waals surface area contributed by atoms with Crippen molar-refractivity contribution in [1.82, 2.24) is 14.2 Å². The van der Waals surface area contributed by atoms with Gasteiger partial charge in [-0.3, -0.25) is 4.90 Å². The van der Waals surface area contributed by atoms with E-state index < -0.39 is 10.0 Å². The number of fused-ring (bicyclic) bond motifs is 1. The SMILES string of the molecule is O=S(=O)(c1ccc2ncsc2c1)N1CC(=C2CN(CC3(c4ccccc4)CCOCC3)C2)C1. The van der Waals surface area contributed by atoms with Crippen molar-refractivity contribution < 1.29 is 13.2 Å². The van der Waals surface area contributed by atoms with Crippen LogP contribution in [0.25, 0.3) is 10.2 Å². The van der Waals surface area contributed by atoms with Crippen molar-refractivity contribution in [3.63, 3.8) is 0 Å². The van der Waals surface area contributed by atoms with E-state index in [4.69, 9.17) is 4.74 Å². The van der Waals surface area contributed by atoms with Crippen LogP contribution in [-0.2, 0) is 20.2 Å². The van der Waals surface area contributed by atoms with Crippen LogP contribution in [0.5, 0.6) is 0 Å². The Bertz CT molecular complexity index is 1290. The lowest BCUT2D eigenvalue weighted by Gasteiger charge is -2.47. The van der Waals surface area contributed by atoms with E-state index >= 15 is 0 Å². The molecule has 0 saturated carbocycles. The molecule has 0 unspecified atom stereocenters. The summed E-state index contributed by atoms with van der Waals surface area (Å²) >= 11 is 1.47. The van der Waals surface area contributed by atoms with Gasteiger partial charge in [0.05, 0.1) is 20.6 Å². The first-order chi connectivity index (χ1) is 16.0. The van der Waals surface area contributed by atoms with Gasteiger partial charge in [0.2, 0.25) is 10.0 Å². The van der Waals surface area contributed by atoms with Crippen LogP contribution in [0.2, 0.25) is 0 Å². The van der Waals surface area contributed by atoms with Gasteiger partial charge in [0.25, 0.3) is 0 Å². The molecule has 33 heavy (non-hydrogen) atoms. The number of aromatic nitrogens is 1. The minimum absolute atomic E-state index is 0.153. The molecule has 0 spiro atoms. The van der Waals surface area contributed by atoms with E-state index in [2.05, 4.69) is 40.2 Å². The van der Waals surface area contributed by atoms with E-state index in [1.54, 1.807) is 28.0 Å². The average Bonchev–Trinajstić information content (AvgIpc) is 3.25. The number of rotatable bonds is 5. The highest BCUT2D eigenvalue weighted by Crippen LogP contribution is 2.38. The fourth-order valence-electron chi connectivity index (χ4n) is 5.27. The number of nitrogens with zero attached hydrogens (tertiary/aromatic N) is 3. The standard InChI is InChI=1S/C25H27N3O3S2/c29-33(30,22-6-7-23-24(12-22)32-18-26-23)28-15-20(16-28)19-13-27(14-19)17-25(8-10-31-11-9-25)21-4-2-1-3-5-21/h1-7,12,18H,8-11,13-17H2. The maximum absolute atomic E-state index is 13.0. The summed E-state index contributed by atoms with van der Waals surface area (Å²) in [6, 6.07) is 16.1. The molecule has 0 bridgehead atoms. The molecule has 0 atom stereocenters. The second-order valence-corrected chi connectivity index (χ2v) is 12.2. The van der Waals surface area contributed by atoms with Gasteiger partial charge in [-0.15, -0.1) is 11.3 Å². The lowest BCUT2D eigenvalue weighted by molar-refractivity contribution is 0.0306. The van der Waals surface area contributed by atoms with Gasteiger partial charge >= 0.3 is 0 Å². The second kappa shape index (κ2) is 8.29. The molecule has 6 nitrogen and oxygen atoms in total. The van der Waals surface area contributed by atoms with Crippen molar-refractivity contribution >= 4 is 31.6 Å². The Morgan fingerprint density at radius 1 is 0.970 bits per heavy atom. The van der Waals surface area contributed by atoms with Crippen LogP contribution in [-0.4, -0.2) is 68.5 Å². The number of ether oxygens (including phenoxy) is 1. The van der Waals surface area contributed by atoms with Crippen LogP contribution in [0, 0.1) is 0 Å². The molecule has 3 fully saturated rings. The van der Waals surface area contributed by atoms with Crippen LogP contribution in [0.1, 0.15) is 18.4 Å². The lowest BCUT2D eigenvalue weighted by atomic mass is 9.73. The molecule has 172 valence electrons. The zero-order valence-corrected chi connectivity index (χ0v) is 20.1. The minimum atomic E-state index is -3.45. The molecule has 0 amide bonds. The quantitative estimate of drug-likeness (QED) is 0.521. The summed E-state index contributed by atoms with van der Waals surface area (Å²) < 4.78 is 34.3. The monoisotopic (exact) mass is 481 g/mol. The summed E-state index contributed by atoms with van der Waals surface area (Å²) in [6.45, 7) is 5.60. The zero-order valence-electron chi connectivity index (χ0n) is 18.4. The molecule has 6 rings (SSSR count). The fourth-order valence-corrected chi connectivity index (χ4v) is 7.51. The Hall–Kier alpha value is -2.10. The van der Waals surface area contributed by atoms with Gasteiger partial charge in [0.1, 0.15) is 0 Å². The number of thiazole rings is 1. The third kappa shape index (κ3) is 3.84. The third-order valence-electron chi connectivity index (χ3n) is 7.37. The fraction of sp³-hybridized carbons (Fsp3) is 0.400. The van der Waals surface area contributed by atoms with Crippen molar-refractivity contribution in [3.8, 4) is 0 Å². The Balaban J connectivity index is 1.11. The van der Waals surface area contributed by atoms with Gasteiger partial charge in [-0.1, -0.05) is 30.3 Å². The minimum Gasteiger partial charge on any atom is -0.381 e. The Kier molecular flexibility index (Phi) is 5.38. The molecule has 4 heterocycles. The Morgan fingerprint density at radius 3 is 2.45 bits per heavy atom. The molecule has 3 aliphatic heterocycles. The summed E-state index contributed by atoms with van der Waals surface area (Å²) in [7, 11) is -3.45. The number of hydrogen-bond donors (Lipinski definition) is 0. The van der Waals surface area contributed by atoms with E-state index in [-0.39, 0.29) is 5.41 Å². The molecule has 0 N–H and O–H groups in total. The van der Waals surface area contributed by atoms with Gasteiger partial charge < -0.3 is 4.74 Å². The van der Waals surface area contributed by atoms with E-state index in [1.807, 2.05) is 0 Å². The number of likely N-dealkylation sites (tertiary alicyclic amines) is 1. The largest absolute Gasteiger partial charge is 0.381 e. The number of sulfonamides is 1. The smallest absolute Gasteiger partial charge is 0.243 e. The van der Waals surface area contributed by atoms with Crippen molar-refractivity contribution in [1.29, 1.82) is 0 Å². The molecule has 2 aromatic carbocycles. The summed E-state index contributed by atoms with van der Waals surface area (Å²) in [5.74, 6) is 0. The first-order valence-corrected chi connectivity index (χ1v) is 13.7. The van der Waals surface area contributed by atoms with Crippen molar-refractivity contribution in [3.05, 3.63) is 70.8 Å². The van der Waals surface area contributed by atoms with Crippen molar-refractivity contribution in [2.75, 3.05) is 45.9 Å². The molecule has 8 heteroatoms. The average molecular weight is 482 g/mol. The highest BCUT2D eigenvalue weighted by atomic mass is 32.2. The molecule has 3 aromatic rings. The van der Waals surface area contributed by atoms with Gasteiger partial charge in [0, 0.05) is 51.4 Å². The molecular formula is C25H27N3O3S2. The Labute approximate surface area is 198 Å². The molecule has 0 aliphatic carbocycles. The molecule has 3 saturated heterocycles. The molecular weight excluding hydrogens is 454 g/mol. The molecule has 0 radical (unpaired) electrons. The van der Waals surface area contributed by atoms with E-state index in [0.717, 1.165) is 55.9 Å². The van der Waals surface area contributed by atoms with Gasteiger partial charge in [-0.05, 0) is 47.8 Å². The Morgan fingerprint density at radius 2 is 1.70 bits per heavy atom. The summed E-state index contributed by atoms with van der Waals surface area (Å²) in [5, 5.41) is 0. The highest BCUT2D eigenvalue weighted by Gasteiger charge is 2.41. The molecule has 1 aromatic heterocycles. The number of hydrogen-bond acceptors (Lipinski definition) is 6. The summed E-state index contributed by atoms with van der Waals surface area (Å²) in [5.41, 5.74) is 6.85. The lowest BCUT2D eigenvalue weighted by Crippen LogP contribution is -2.53. The second-order valence-electron chi connectivity index (χ2n) is 9.37. The van der Waals surface area contributed by atoms with E-state index in [0.29, 0.717) is 18.0 Å². The van der Waals surface area contributed by atoms with Gasteiger partial charge in [-0.25, -0.2) is 13.4 Å². The van der Waals surface area contributed by atoms with Crippen LogP contribution in [0.4, 0.5) is 0 Å². The first-order valence-electron chi connectivity index (χ1n) is 11.4. The van der Waals surface area contributed by atoms with Gasteiger partial charge in [-0.2, -0.15) is 4.31 Å². The van der Waals surface area contributed by atoms with Crippen LogP contribution in [0.3, 0.4) is 0 Å². The van der Waals surface area contributed by atoms with Crippen LogP contribution in [0.15, 0.2) is 70.1 Å². The normalized spacial score (nSPS) is 21.7.